The van der Waals surface area contributed by atoms with Gasteiger partial charge in [0.15, 0.2) is 5.82 Å². The summed E-state index contributed by atoms with van der Waals surface area (Å²) in [6, 6.07) is 7.67. The van der Waals surface area contributed by atoms with Gasteiger partial charge in [-0.15, -0.1) is 0 Å². The molecular formula is C19H26N4O4. The molecular weight excluding hydrogens is 348 g/mol. The molecule has 2 heterocycles. The molecule has 1 atom stereocenters. The van der Waals surface area contributed by atoms with Gasteiger partial charge in [0.1, 0.15) is 11.9 Å². The fourth-order valence-electron chi connectivity index (χ4n) is 2.67. The largest absolute Gasteiger partial charge is 0.486 e. The summed E-state index contributed by atoms with van der Waals surface area (Å²) in [7, 11) is 1.63. The third-order valence-corrected chi connectivity index (χ3v) is 4.53. The average molecular weight is 374 g/mol. The van der Waals surface area contributed by atoms with Gasteiger partial charge in [0.2, 0.25) is 0 Å². The standard InChI is InChI=1S/C19H26N4O4/c1-4-13(2)20-19(24)23-11-14(12-23)26-16-8-6-5-7-15(16)18-21-17(22-27-18)9-10-25-3/h5-8,13-14H,4,9-12H2,1-3H3,(H,20,24). The summed E-state index contributed by atoms with van der Waals surface area (Å²) in [5.41, 5.74) is 0.746. The third-order valence-electron chi connectivity index (χ3n) is 4.53. The molecule has 1 unspecified atom stereocenters. The van der Waals surface area contributed by atoms with E-state index in [1.54, 1.807) is 12.0 Å². The number of ether oxygens (including phenoxy) is 2. The maximum atomic E-state index is 12.1. The van der Waals surface area contributed by atoms with E-state index in [0.717, 1.165) is 12.0 Å². The summed E-state index contributed by atoms with van der Waals surface area (Å²) in [4.78, 5) is 18.2. The van der Waals surface area contributed by atoms with Crippen molar-refractivity contribution in [2.75, 3.05) is 26.8 Å². The van der Waals surface area contributed by atoms with Crippen LogP contribution in [0.15, 0.2) is 28.8 Å². The van der Waals surface area contributed by atoms with Crippen molar-refractivity contribution in [1.29, 1.82) is 0 Å². The number of nitrogens with one attached hydrogen (secondary N) is 1. The van der Waals surface area contributed by atoms with Crippen LogP contribution in [0, 0.1) is 0 Å². The molecule has 1 aromatic carbocycles. The molecule has 0 aliphatic carbocycles. The Kier molecular flexibility index (Phi) is 6.28. The Balaban J connectivity index is 1.59. The molecule has 1 N–H and O–H groups in total. The number of nitrogens with zero attached hydrogens (tertiary/aromatic N) is 3. The average Bonchev–Trinajstić information content (AvgIpc) is 3.11. The molecule has 1 aliphatic heterocycles. The van der Waals surface area contributed by atoms with Crippen LogP contribution in [0.2, 0.25) is 0 Å². The maximum Gasteiger partial charge on any atom is 0.317 e. The Morgan fingerprint density at radius 2 is 2.19 bits per heavy atom. The monoisotopic (exact) mass is 374 g/mol. The van der Waals surface area contributed by atoms with Crippen molar-refractivity contribution in [3.63, 3.8) is 0 Å². The van der Waals surface area contributed by atoms with E-state index in [1.165, 1.54) is 0 Å². The van der Waals surface area contributed by atoms with Crippen LogP contribution in [0.5, 0.6) is 5.75 Å². The number of urea groups is 1. The molecule has 0 spiro atoms. The Bertz CT molecular complexity index is 758. The van der Waals surface area contributed by atoms with Crippen molar-refractivity contribution in [2.24, 2.45) is 0 Å². The molecule has 3 rings (SSSR count). The lowest BCUT2D eigenvalue weighted by Crippen LogP contribution is -2.59. The number of likely N-dealkylation sites (tertiary alicyclic amines) is 1. The predicted molar refractivity (Wildman–Crippen MR) is 99.6 cm³/mol. The first-order chi connectivity index (χ1) is 13.1. The smallest absolute Gasteiger partial charge is 0.317 e. The van der Waals surface area contributed by atoms with Gasteiger partial charge >= 0.3 is 6.03 Å². The number of hydrogen-bond donors (Lipinski definition) is 1. The topological polar surface area (TPSA) is 89.7 Å². The van der Waals surface area contributed by atoms with Crippen LogP contribution in [0.25, 0.3) is 11.5 Å². The normalized spacial score (nSPS) is 15.3. The van der Waals surface area contributed by atoms with Gasteiger partial charge in [0, 0.05) is 19.6 Å². The number of rotatable bonds is 8. The summed E-state index contributed by atoms with van der Waals surface area (Å²) in [5, 5.41) is 6.93. The van der Waals surface area contributed by atoms with Gasteiger partial charge in [0.05, 0.1) is 25.3 Å². The highest BCUT2D eigenvalue weighted by Crippen LogP contribution is 2.30. The maximum absolute atomic E-state index is 12.1. The van der Waals surface area contributed by atoms with Gasteiger partial charge in [-0.2, -0.15) is 4.98 Å². The Morgan fingerprint density at radius 1 is 1.41 bits per heavy atom. The van der Waals surface area contributed by atoms with E-state index in [2.05, 4.69) is 15.5 Å². The van der Waals surface area contributed by atoms with Crippen molar-refractivity contribution in [2.45, 2.75) is 38.8 Å². The van der Waals surface area contributed by atoms with Gasteiger partial charge in [-0.05, 0) is 25.5 Å². The summed E-state index contributed by atoms with van der Waals surface area (Å²) in [5.74, 6) is 1.69. The van der Waals surface area contributed by atoms with Crippen LogP contribution >= 0.6 is 0 Å². The van der Waals surface area contributed by atoms with Crippen LogP contribution in [0.4, 0.5) is 4.79 Å². The van der Waals surface area contributed by atoms with E-state index >= 15 is 0 Å². The summed E-state index contributed by atoms with van der Waals surface area (Å²) >= 11 is 0. The molecule has 27 heavy (non-hydrogen) atoms. The van der Waals surface area contributed by atoms with Crippen molar-refractivity contribution in [3.8, 4) is 17.2 Å². The van der Waals surface area contributed by atoms with Crippen LogP contribution < -0.4 is 10.1 Å². The fraction of sp³-hybridized carbons (Fsp3) is 0.526. The minimum Gasteiger partial charge on any atom is -0.486 e. The van der Waals surface area contributed by atoms with Crippen LogP contribution in [0.1, 0.15) is 26.1 Å². The Morgan fingerprint density at radius 3 is 2.93 bits per heavy atom. The van der Waals surface area contributed by atoms with Gasteiger partial charge < -0.3 is 24.2 Å². The first kappa shape index (κ1) is 19.2. The molecule has 8 nitrogen and oxygen atoms in total. The predicted octanol–water partition coefficient (Wildman–Crippen LogP) is 2.50. The number of hydrogen-bond acceptors (Lipinski definition) is 6. The Labute approximate surface area is 158 Å². The number of methoxy groups -OCH3 is 1. The molecule has 0 bridgehead atoms. The second kappa shape index (κ2) is 8.85. The van der Waals surface area contributed by atoms with Crippen molar-refractivity contribution < 1.29 is 18.8 Å². The zero-order valence-corrected chi connectivity index (χ0v) is 16.0. The zero-order valence-electron chi connectivity index (χ0n) is 16.0. The molecule has 1 fully saturated rings. The SMILES string of the molecule is CCC(C)NC(=O)N1CC(Oc2ccccc2-c2nc(CCOC)no2)C1. The quantitative estimate of drug-likeness (QED) is 0.764. The Hall–Kier alpha value is -2.61. The highest BCUT2D eigenvalue weighted by molar-refractivity contribution is 5.75. The van der Waals surface area contributed by atoms with Crippen LogP contribution in [0.3, 0.4) is 0 Å². The molecule has 146 valence electrons. The molecule has 2 aromatic rings. The van der Waals surface area contributed by atoms with E-state index in [9.17, 15) is 4.79 Å². The first-order valence-electron chi connectivity index (χ1n) is 9.23. The highest BCUT2D eigenvalue weighted by Gasteiger charge is 2.33. The molecule has 0 radical (unpaired) electrons. The summed E-state index contributed by atoms with van der Waals surface area (Å²) in [6.45, 7) is 5.68. The number of aromatic nitrogens is 2. The minimum absolute atomic E-state index is 0.0443. The molecule has 1 aliphatic rings. The van der Waals surface area contributed by atoms with Crippen molar-refractivity contribution in [1.82, 2.24) is 20.4 Å². The van der Waals surface area contributed by atoms with E-state index in [0.29, 0.717) is 43.6 Å². The third kappa shape index (κ3) is 4.77. The number of amides is 2. The van der Waals surface area contributed by atoms with E-state index in [-0.39, 0.29) is 18.2 Å². The molecule has 2 amide bonds. The highest BCUT2D eigenvalue weighted by atomic mass is 16.5. The first-order valence-corrected chi connectivity index (χ1v) is 9.23. The minimum atomic E-state index is -0.0512. The van der Waals surface area contributed by atoms with E-state index in [4.69, 9.17) is 14.0 Å². The number of carbonyl (C=O) groups excluding carboxylic acids is 1. The fourth-order valence-corrected chi connectivity index (χ4v) is 2.67. The van der Waals surface area contributed by atoms with Crippen LogP contribution in [-0.4, -0.2) is 60.0 Å². The summed E-state index contributed by atoms with van der Waals surface area (Å²) < 4.78 is 16.5. The number of para-hydroxylation sites is 1. The number of carbonyl (C=O) groups is 1. The zero-order chi connectivity index (χ0) is 19.2. The van der Waals surface area contributed by atoms with Gasteiger partial charge in [-0.1, -0.05) is 24.2 Å². The number of benzene rings is 1. The van der Waals surface area contributed by atoms with Gasteiger partial charge in [0.25, 0.3) is 5.89 Å². The van der Waals surface area contributed by atoms with Crippen molar-refractivity contribution >= 4 is 6.03 Å². The second-order valence-corrected chi connectivity index (χ2v) is 6.66. The summed E-state index contributed by atoms with van der Waals surface area (Å²) in [6.07, 6.45) is 1.44. The lowest BCUT2D eigenvalue weighted by atomic mass is 10.1. The van der Waals surface area contributed by atoms with E-state index < -0.39 is 0 Å². The van der Waals surface area contributed by atoms with E-state index in [1.807, 2.05) is 38.1 Å². The molecule has 0 saturated carbocycles. The lowest BCUT2D eigenvalue weighted by Gasteiger charge is -2.39. The molecule has 8 heteroatoms. The van der Waals surface area contributed by atoms with Gasteiger partial charge in [-0.3, -0.25) is 0 Å². The van der Waals surface area contributed by atoms with Gasteiger partial charge in [-0.25, -0.2) is 4.79 Å². The lowest BCUT2D eigenvalue weighted by molar-refractivity contribution is 0.0438. The molecule has 1 saturated heterocycles. The second-order valence-electron chi connectivity index (χ2n) is 6.66. The van der Waals surface area contributed by atoms with Crippen LogP contribution in [-0.2, 0) is 11.2 Å². The molecule has 1 aromatic heterocycles. The van der Waals surface area contributed by atoms with Crippen molar-refractivity contribution in [3.05, 3.63) is 30.1 Å².